The number of fused-ring (bicyclic) bond motifs is 2. The number of rotatable bonds is 4. The lowest BCUT2D eigenvalue weighted by Crippen LogP contribution is -2.52. The van der Waals surface area contributed by atoms with Crippen LogP contribution in [-0.2, 0) is 4.79 Å². The molecule has 3 atom stereocenters. The fourth-order valence-corrected chi connectivity index (χ4v) is 3.61. The third kappa shape index (κ3) is 2.33. The van der Waals surface area contributed by atoms with Gasteiger partial charge in [-0.2, -0.15) is 0 Å². The van der Waals surface area contributed by atoms with Crippen LogP contribution in [0.25, 0.3) is 0 Å². The van der Waals surface area contributed by atoms with Gasteiger partial charge >= 0.3 is 5.97 Å². The fraction of sp³-hybridized carbons (Fsp3) is 0.923. The number of carbonyl (C=O) groups is 1. The van der Waals surface area contributed by atoms with Crippen LogP contribution in [0, 0.1) is 0 Å². The molecule has 3 unspecified atom stereocenters. The lowest BCUT2D eigenvalue weighted by atomic mass is 9.95. The minimum atomic E-state index is -0.679. The highest BCUT2D eigenvalue weighted by molar-refractivity contribution is 5.73. The zero-order valence-electron chi connectivity index (χ0n) is 11.1. The van der Waals surface area contributed by atoms with Crippen molar-refractivity contribution in [1.29, 1.82) is 0 Å². The first-order valence-electron chi connectivity index (χ1n) is 6.71. The summed E-state index contributed by atoms with van der Waals surface area (Å²) in [4.78, 5) is 15.8. The standard InChI is InChI=1S/C13H24N2O2/c1-4-12(13(16)17)15(3)11-7-9-5-6-10(8-11)14(9)2/h9-12H,4-8H2,1-3H3,(H,16,17). The van der Waals surface area contributed by atoms with Crippen LogP contribution in [0.5, 0.6) is 0 Å². The summed E-state index contributed by atoms with van der Waals surface area (Å²) in [5.74, 6) is -0.679. The van der Waals surface area contributed by atoms with E-state index < -0.39 is 5.97 Å². The minimum Gasteiger partial charge on any atom is -0.480 e. The molecule has 0 aliphatic carbocycles. The molecule has 0 spiro atoms. The summed E-state index contributed by atoms with van der Waals surface area (Å²) in [7, 11) is 4.20. The minimum absolute atomic E-state index is 0.317. The average molecular weight is 240 g/mol. The van der Waals surface area contributed by atoms with E-state index in [1.54, 1.807) is 0 Å². The molecule has 1 N–H and O–H groups in total. The highest BCUT2D eigenvalue weighted by Crippen LogP contribution is 2.36. The predicted molar refractivity (Wildman–Crippen MR) is 67.1 cm³/mol. The zero-order chi connectivity index (χ0) is 12.6. The normalized spacial score (nSPS) is 35.2. The number of aliphatic carboxylic acids is 1. The fourth-order valence-electron chi connectivity index (χ4n) is 3.61. The maximum atomic E-state index is 11.2. The first kappa shape index (κ1) is 12.8. The van der Waals surface area contributed by atoms with E-state index in [0.29, 0.717) is 24.5 Å². The summed E-state index contributed by atoms with van der Waals surface area (Å²) in [5, 5.41) is 9.22. The van der Waals surface area contributed by atoms with Gasteiger partial charge in [0.25, 0.3) is 0 Å². The Bertz CT molecular complexity index is 281. The number of carboxylic acid groups (broad SMARTS) is 1. The number of likely N-dealkylation sites (N-methyl/N-ethyl adjacent to an activating group) is 1. The molecule has 0 aromatic rings. The van der Waals surface area contributed by atoms with Gasteiger partial charge in [0.15, 0.2) is 0 Å². The van der Waals surface area contributed by atoms with Gasteiger partial charge < -0.3 is 10.0 Å². The number of nitrogens with zero attached hydrogens (tertiary/aromatic N) is 2. The zero-order valence-corrected chi connectivity index (χ0v) is 11.1. The van der Waals surface area contributed by atoms with Gasteiger partial charge in [-0.1, -0.05) is 6.92 Å². The van der Waals surface area contributed by atoms with Crippen molar-refractivity contribution in [2.75, 3.05) is 14.1 Å². The molecule has 4 nitrogen and oxygen atoms in total. The van der Waals surface area contributed by atoms with Crippen molar-refractivity contribution in [3.63, 3.8) is 0 Å². The Balaban J connectivity index is 2.01. The molecule has 2 fully saturated rings. The molecule has 4 heteroatoms. The number of carboxylic acids is 1. The Kier molecular flexibility index (Phi) is 3.73. The second-order valence-corrected chi connectivity index (χ2v) is 5.60. The Hall–Kier alpha value is -0.610. The Morgan fingerprint density at radius 1 is 1.41 bits per heavy atom. The number of piperidine rings is 1. The average Bonchev–Trinajstić information content (AvgIpc) is 2.53. The maximum absolute atomic E-state index is 11.2. The van der Waals surface area contributed by atoms with Crippen LogP contribution in [0.2, 0.25) is 0 Å². The van der Waals surface area contributed by atoms with Crippen molar-refractivity contribution in [3.05, 3.63) is 0 Å². The van der Waals surface area contributed by atoms with Gasteiger partial charge in [0, 0.05) is 18.1 Å². The molecule has 17 heavy (non-hydrogen) atoms. The summed E-state index contributed by atoms with van der Waals surface area (Å²) in [5.41, 5.74) is 0. The smallest absolute Gasteiger partial charge is 0.320 e. The van der Waals surface area contributed by atoms with E-state index in [-0.39, 0.29) is 6.04 Å². The molecule has 0 aromatic heterocycles. The molecular formula is C13H24N2O2. The van der Waals surface area contributed by atoms with E-state index in [4.69, 9.17) is 0 Å². The van der Waals surface area contributed by atoms with Crippen LogP contribution in [0.15, 0.2) is 0 Å². The van der Waals surface area contributed by atoms with E-state index in [1.807, 2.05) is 14.0 Å². The van der Waals surface area contributed by atoms with Crippen LogP contribution in [0.4, 0.5) is 0 Å². The quantitative estimate of drug-likeness (QED) is 0.807. The second kappa shape index (κ2) is 4.94. The molecule has 0 saturated carbocycles. The van der Waals surface area contributed by atoms with Crippen LogP contribution in [0.1, 0.15) is 39.0 Å². The molecule has 2 aliphatic rings. The molecule has 0 radical (unpaired) electrons. The van der Waals surface area contributed by atoms with Gasteiger partial charge in [0.2, 0.25) is 0 Å². The molecular weight excluding hydrogens is 216 g/mol. The topological polar surface area (TPSA) is 43.8 Å². The monoisotopic (exact) mass is 240 g/mol. The van der Waals surface area contributed by atoms with E-state index >= 15 is 0 Å². The number of hydrogen-bond acceptors (Lipinski definition) is 3. The van der Waals surface area contributed by atoms with E-state index in [9.17, 15) is 9.90 Å². The summed E-state index contributed by atoms with van der Waals surface area (Å²) in [6.07, 6.45) is 5.53. The van der Waals surface area contributed by atoms with Crippen molar-refractivity contribution < 1.29 is 9.90 Å². The molecule has 2 saturated heterocycles. The molecule has 98 valence electrons. The Labute approximate surface area is 104 Å². The van der Waals surface area contributed by atoms with Gasteiger partial charge in [0.05, 0.1) is 0 Å². The molecule has 2 heterocycles. The van der Waals surface area contributed by atoms with Crippen LogP contribution >= 0.6 is 0 Å². The van der Waals surface area contributed by atoms with Crippen molar-refractivity contribution in [1.82, 2.24) is 9.80 Å². The molecule has 2 bridgehead atoms. The van der Waals surface area contributed by atoms with Gasteiger partial charge in [-0.05, 0) is 46.2 Å². The van der Waals surface area contributed by atoms with Gasteiger partial charge in [-0.3, -0.25) is 9.69 Å². The molecule has 0 amide bonds. The summed E-state index contributed by atoms with van der Waals surface area (Å²) < 4.78 is 0. The summed E-state index contributed by atoms with van der Waals surface area (Å²) in [6.45, 7) is 1.96. The van der Waals surface area contributed by atoms with Crippen LogP contribution in [-0.4, -0.2) is 59.1 Å². The van der Waals surface area contributed by atoms with Gasteiger partial charge in [0.1, 0.15) is 6.04 Å². The van der Waals surface area contributed by atoms with E-state index in [0.717, 1.165) is 12.8 Å². The third-order valence-electron chi connectivity index (χ3n) is 4.81. The van der Waals surface area contributed by atoms with E-state index in [1.165, 1.54) is 12.8 Å². The van der Waals surface area contributed by atoms with Crippen LogP contribution in [0.3, 0.4) is 0 Å². The molecule has 2 rings (SSSR count). The second-order valence-electron chi connectivity index (χ2n) is 5.60. The van der Waals surface area contributed by atoms with E-state index in [2.05, 4.69) is 16.8 Å². The first-order valence-corrected chi connectivity index (χ1v) is 6.71. The predicted octanol–water partition coefficient (Wildman–Crippen LogP) is 1.41. The maximum Gasteiger partial charge on any atom is 0.320 e. The number of hydrogen-bond donors (Lipinski definition) is 1. The summed E-state index contributed by atoms with van der Waals surface area (Å²) >= 11 is 0. The highest BCUT2D eigenvalue weighted by Gasteiger charge is 2.41. The lowest BCUT2D eigenvalue weighted by Gasteiger charge is -2.42. The Morgan fingerprint density at radius 3 is 2.35 bits per heavy atom. The molecule has 2 aliphatic heterocycles. The van der Waals surface area contributed by atoms with Crippen LogP contribution < -0.4 is 0 Å². The first-order chi connectivity index (χ1) is 8.04. The molecule has 0 aromatic carbocycles. The lowest BCUT2D eigenvalue weighted by molar-refractivity contribution is -0.144. The largest absolute Gasteiger partial charge is 0.480 e. The van der Waals surface area contributed by atoms with Crippen molar-refractivity contribution in [2.24, 2.45) is 0 Å². The van der Waals surface area contributed by atoms with Crippen molar-refractivity contribution >= 4 is 5.97 Å². The SMILES string of the molecule is CCC(C(=O)O)N(C)C1CC2CCC(C1)N2C. The van der Waals surface area contributed by atoms with Gasteiger partial charge in [-0.15, -0.1) is 0 Å². The third-order valence-corrected chi connectivity index (χ3v) is 4.81. The highest BCUT2D eigenvalue weighted by atomic mass is 16.4. The van der Waals surface area contributed by atoms with Crippen molar-refractivity contribution in [2.45, 2.75) is 63.2 Å². The summed E-state index contributed by atoms with van der Waals surface area (Å²) in [6, 6.07) is 1.48. The van der Waals surface area contributed by atoms with Gasteiger partial charge in [-0.25, -0.2) is 0 Å². The van der Waals surface area contributed by atoms with Crippen molar-refractivity contribution in [3.8, 4) is 0 Å². The Morgan fingerprint density at radius 2 is 1.94 bits per heavy atom.